The number of hydrogen-bond donors (Lipinski definition) is 0. The maximum atomic E-state index is 3.78. The van der Waals surface area contributed by atoms with Crippen LogP contribution >= 0.6 is 11.8 Å². The van der Waals surface area contributed by atoms with E-state index in [-0.39, 0.29) is 0 Å². The van der Waals surface area contributed by atoms with Crippen molar-refractivity contribution in [1.82, 2.24) is 0 Å². The normalized spacial score (nSPS) is 13.7. The van der Waals surface area contributed by atoms with Gasteiger partial charge in [0, 0.05) is 0 Å². The minimum absolute atomic E-state index is 0.772. The van der Waals surface area contributed by atoms with Crippen LogP contribution in [0.1, 0.15) is 28.7 Å². The molecule has 0 radical (unpaired) electrons. The van der Waals surface area contributed by atoms with Crippen LogP contribution in [0.2, 0.25) is 14.8 Å². The van der Waals surface area contributed by atoms with E-state index in [2.05, 4.69) is 79.1 Å². The fourth-order valence-electron chi connectivity index (χ4n) is 2.38. The predicted octanol–water partition coefficient (Wildman–Crippen LogP) is 6.39. The van der Waals surface area contributed by atoms with Crippen molar-refractivity contribution in [1.29, 1.82) is 0 Å². The maximum absolute atomic E-state index is 3.78. The number of thioether (sulfide) groups is 1. The second-order valence-electron chi connectivity index (χ2n) is 6.96. The van der Waals surface area contributed by atoms with Crippen LogP contribution < -0.4 is 0 Å². The van der Waals surface area contributed by atoms with Crippen LogP contribution in [0.15, 0.2) is 35.8 Å². The molecule has 0 bridgehead atoms. The van der Waals surface area contributed by atoms with Crippen LogP contribution in [0, 0.1) is 27.7 Å². The Hall–Kier alpha value is -0.151. The topological polar surface area (TPSA) is 0 Å². The van der Waals surface area contributed by atoms with E-state index in [0.717, 1.165) is 3.27 Å². The summed E-state index contributed by atoms with van der Waals surface area (Å²) in [4.78, 5) is 9.15. The van der Waals surface area contributed by atoms with Crippen molar-refractivity contribution in [3.8, 4) is 0 Å². The number of hydrogen-bond acceptors (Lipinski definition) is 1. The van der Waals surface area contributed by atoms with E-state index in [0.29, 0.717) is 0 Å². The SMILES string of the molecule is C=C/C=C\C[C@H](Sc1c(C)c(C)cc(C)c1C)[Sn]([CH3])([CH3])[CH3]. The molecule has 2 heteroatoms. The molecular weight excluding hydrogens is 379 g/mol. The van der Waals surface area contributed by atoms with Gasteiger partial charge in [-0.1, -0.05) is 0 Å². The molecule has 21 heavy (non-hydrogen) atoms. The molecule has 1 aromatic rings. The molecule has 1 rings (SSSR count). The summed E-state index contributed by atoms with van der Waals surface area (Å²) in [5, 5.41) is 0. The molecule has 0 nitrogen and oxygen atoms in total. The van der Waals surface area contributed by atoms with E-state index < -0.39 is 18.4 Å². The average molecular weight is 409 g/mol. The summed E-state index contributed by atoms with van der Waals surface area (Å²) in [6.07, 6.45) is 7.43. The first-order chi connectivity index (χ1) is 9.68. The monoisotopic (exact) mass is 410 g/mol. The van der Waals surface area contributed by atoms with Gasteiger partial charge in [-0.05, 0) is 0 Å². The van der Waals surface area contributed by atoms with Crippen molar-refractivity contribution in [3.63, 3.8) is 0 Å². The van der Waals surface area contributed by atoms with Crippen LogP contribution in [0.3, 0.4) is 0 Å². The molecule has 0 heterocycles. The van der Waals surface area contributed by atoms with Crippen LogP contribution in [0.25, 0.3) is 0 Å². The molecule has 0 aliphatic carbocycles. The Kier molecular flexibility index (Phi) is 7.12. The summed E-state index contributed by atoms with van der Waals surface area (Å²) in [6, 6.07) is 2.32. The summed E-state index contributed by atoms with van der Waals surface area (Å²) < 4.78 is 0.772. The van der Waals surface area contributed by atoms with Gasteiger partial charge in [0.1, 0.15) is 0 Å². The molecule has 116 valence electrons. The summed E-state index contributed by atoms with van der Waals surface area (Å²) in [7, 11) is 0. The van der Waals surface area contributed by atoms with Gasteiger partial charge >= 0.3 is 140 Å². The fourth-order valence-corrected chi connectivity index (χ4v) is 10.3. The van der Waals surface area contributed by atoms with Crippen molar-refractivity contribution in [2.75, 3.05) is 0 Å². The zero-order valence-corrected chi connectivity index (χ0v) is 18.4. The minimum atomic E-state index is -1.99. The third-order valence-corrected chi connectivity index (χ3v) is 17.4. The van der Waals surface area contributed by atoms with Gasteiger partial charge in [-0.3, -0.25) is 0 Å². The molecule has 0 saturated carbocycles. The first-order valence-electron chi connectivity index (χ1n) is 7.70. The van der Waals surface area contributed by atoms with Gasteiger partial charge in [0.25, 0.3) is 0 Å². The van der Waals surface area contributed by atoms with Crippen molar-refractivity contribution in [2.24, 2.45) is 0 Å². The van der Waals surface area contributed by atoms with E-state index in [9.17, 15) is 0 Å². The molecule has 0 spiro atoms. The Morgan fingerprint density at radius 1 is 1.10 bits per heavy atom. The Morgan fingerprint density at radius 2 is 1.62 bits per heavy atom. The molecule has 0 unspecified atom stereocenters. The molecular formula is C19H30SSn. The molecule has 0 aliphatic heterocycles. The zero-order valence-electron chi connectivity index (χ0n) is 14.7. The van der Waals surface area contributed by atoms with Gasteiger partial charge in [0.15, 0.2) is 0 Å². The summed E-state index contributed by atoms with van der Waals surface area (Å²) >= 11 is 0.148. The van der Waals surface area contributed by atoms with E-state index in [4.69, 9.17) is 0 Å². The standard InChI is InChI=1S/C16H21S.3CH3.Sn/c1-6-7-8-9-10-17-16-14(4)12(2)11-13(3)15(16)5;;;;/h6-8,10-11H,1,9H2,2-5H3;3*1H3;/b8-7-;;;;. The van der Waals surface area contributed by atoms with Crippen molar-refractivity contribution in [3.05, 3.63) is 53.1 Å². The van der Waals surface area contributed by atoms with Crippen LogP contribution in [0.5, 0.6) is 0 Å². The van der Waals surface area contributed by atoms with Crippen LogP contribution in [-0.4, -0.2) is 21.6 Å². The molecule has 1 atom stereocenters. The molecule has 0 aliphatic rings. The van der Waals surface area contributed by atoms with Crippen LogP contribution in [0.4, 0.5) is 0 Å². The van der Waals surface area contributed by atoms with Crippen LogP contribution in [-0.2, 0) is 0 Å². The number of benzene rings is 1. The Balaban J connectivity index is 3.15. The number of rotatable bonds is 6. The predicted molar refractivity (Wildman–Crippen MR) is 102 cm³/mol. The quantitative estimate of drug-likeness (QED) is 0.298. The average Bonchev–Trinajstić information content (AvgIpc) is 2.38. The third-order valence-electron chi connectivity index (χ3n) is 4.15. The van der Waals surface area contributed by atoms with Gasteiger partial charge < -0.3 is 0 Å². The number of allylic oxidation sites excluding steroid dienone is 3. The molecule has 1 aromatic carbocycles. The number of aryl methyl sites for hydroxylation is 2. The van der Waals surface area contributed by atoms with Gasteiger partial charge in [0.05, 0.1) is 0 Å². The second-order valence-corrected chi connectivity index (χ2v) is 24.9. The van der Waals surface area contributed by atoms with E-state index >= 15 is 0 Å². The van der Waals surface area contributed by atoms with Gasteiger partial charge in [-0.25, -0.2) is 0 Å². The summed E-state index contributed by atoms with van der Waals surface area (Å²) in [5.41, 5.74) is 5.78. The second kappa shape index (κ2) is 7.91. The third kappa shape index (κ3) is 5.21. The van der Waals surface area contributed by atoms with E-state index in [1.165, 1.54) is 33.6 Å². The Morgan fingerprint density at radius 3 is 2.05 bits per heavy atom. The molecule has 0 saturated heterocycles. The van der Waals surface area contributed by atoms with E-state index in [1.54, 1.807) is 0 Å². The summed E-state index contributed by atoms with van der Waals surface area (Å²) in [6.45, 7) is 12.8. The Labute approximate surface area is 140 Å². The van der Waals surface area contributed by atoms with Gasteiger partial charge in [0.2, 0.25) is 0 Å². The summed E-state index contributed by atoms with van der Waals surface area (Å²) in [5.74, 6) is 0. The molecule has 0 amide bonds. The first-order valence-corrected chi connectivity index (χ1v) is 18.8. The van der Waals surface area contributed by atoms with Crippen molar-refractivity contribution >= 4 is 30.1 Å². The van der Waals surface area contributed by atoms with Crippen molar-refractivity contribution in [2.45, 2.75) is 57.1 Å². The molecule has 0 aromatic heterocycles. The van der Waals surface area contributed by atoms with E-state index in [1.807, 2.05) is 6.08 Å². The van der Waals surface area contributed by atoms with Crippen molar-refractivity contribution < 1.29 is 0 Å². The van der Waals surface area contributed by atoms with Gasteiger partial charge in [-0.15, -0.1) is 0 Å². The Bertz CT molecular complexity index is 509. The molecule has 0 N–H and O–H groups in total. The molecule has 0 fully saturated rings. The zero-order chi connectivity index (χ0) is 16.2. The van der Waals surface area contributed by atoms with Gasteiger partial charge in [-0.2, -0.15) is 0 Å². The first kappa shape index (κ1) is 18.9. The fraction of sp³-hybridized carbons (Fsp3) is 0.474.